The molecule has 0 spiro atoms. The molecule has 6 heteroatoms. The Morgan fingerprint density at radius 1 is 0.947 bits per heavy atom. The van der Waals surface area contributed by atoms with Crippen molar-refractivity contribution in [2.24, 2.45) is 0 Å². The van der Waals surface area contributed by atoms with E-state index in [1.54, 1.807) is 11.0 Å². The molecule has 0 aromatic carbocycles. The molecule has 0 aliphatic carbocycles. The highest BCUT2D eigenvalue weighted by atomic mass is 16.4. The lowest BCUT2D eigenvalue weighted by atomic mass is 10.1. The molecule has 0 aliphatic rings. The molecule has 1 aromatic heterocycles. The van der Waals surface area contributed by atoms with Gasteiger partial charge in [-0.1, -0.05) is 44.9 Å². The van der Waals surface area contributed by atoms with Crippen molar-refractivity contribution in [2.45, 2.75) is 70.8 Å². The minimum atomic E-state index is -0.678. The molecule has 0 saturated heterocycles. The maximum absolute atomic E-state index is 10.3. The van der Waals surface area contributed by atoms with Crippen LogP contribution >= 0.6 is 0 Å². The Bertz CT molecular complexity index is 327. The number of aliphatic carboxylic acids is 1. The number of rotatable bonds is 12. The maximum Gasteiger partial charge on any atom is 0.303 e. The Morgan fingerprint density at radius 2 is 1.53 bits per heavy atom. The van der Waals surface area contributed by atoms with Crippen LogP contribution in [0.5, 0.6) is 0 Å². The van der Waals surface area contributed by atoms with E-state index in [1.807, 2.05) is 0 Å². The van der Waals surface area contributed by atoms with Gasteiger partial charge in [0.05, 0.1) is 0 Å². The number of aromatic nitrogens is 4. The molecule has 0 atom stereocenters. The monoisotopic (exact) mass is 268 g/mol. The second-order valence-electron chi connectivity index (χ2n) is 4.90. The summed E-state index contributed by atoms with van der Waals surface area (Å²) in [6, 6.07) is 0. The van der Waals surface area contributed by atoms with E-state index in [-0.39, 0.29) is 0 Å². The molecule has 1 rings (SSSR count). The van der Waals surface area contributed by atoms with Crippen LogP contribution in [-0.2, 0) is 11.3 Å². The van der Waals surface area contributed by atoms with Gasteiger partial charge < -0.3 is 5.11 Å². The van der Waals surface area contributed by atoms with E-state index in [2.05, 4.69) is 15.5 Å². The molecule has 0 aliphatic heterocycles. The van der Waals surface area contributed by atoms with Gasteiger partial charge >= 0.3 is 5.97 Å². The molecule has 1 N–H and O–H groups in total. The molecule has 19 heavy (non-hydrogen) atoms. The van der Waals surface area contributed by atoms with Crippen molar-refractivity contribution in [1.29, 1.82) is 0 Å². The smallest absolute Gasteiger partial charge is 0.303 e. The van der Waals surface area contributed by atoms with Crippen LogP contribution in [0.2, 0.25) is 0 Å². The van der Waals surface area contributed by atoms with Gasteiger partial charge in [-0.25, -0.2) is 4.68 Å². The van der Waals surface area contributed by atoms with Crippen molar-refractivity contribution in [3.05, 3.63) is 6.33 Å². The predicted octanol–water partition coefficient (Wildman–Crippen LogP) is 2.66. The molecule has 108 valence electrons. The third-order valence-corrected chi connectivity index (χ3v) is 3.17. The summed E-state index contributed by atoms with van der Waals surface area (Å²) in [4.78, 5) is 10.3. The summed E-state index contributed by atoms with van der Waals surface area (Å²) < 4.78 is 1.77. The van der Waals surface area contributed by atoms with Crippen LogP contribution in [0.15, 0.2) is 6.33 Å². The quantitative estimate of drug-likeness (QED) is 0.589. The van der Waals surface area contributed by atoms with Gasteiger partial charge in [0, 0.05) is 13.0 Å². The van der Waals surface area contributed by atoms with Crippen molar-refractivity contribution in [3.8, 4) is 0 Å². The molecular formula is C13H24N4O2. The van der Waals surface area contributed by atoms with Gasteiger partial charge in [-0.2, -0.15) is 0 Å². The average molecular weight is 268 g/mol. The summed E-state index contributed by atoms with van der Waals surface area (Å²) in [6.07, 6.45) is 12.4. The topological polar surface area (TPSA) is 80.9 Å². The van der Waals surface area contributed by atoms with Crippen LogP contribution in [-0.4, -0.2) is 31.3 Å². The van der Waals surface area contributed by atoms with Crippen molar-refractivity contribution in [3.63, 3.8) is 0 Å². The maximum atomic E-state index is 10.3. The van der Waals surface area contributed by atoms with Crippen LogP contribution < -0.4 is 0 Å². The lowest BCUT2D eigenvalue weighted by Crippen LogP contribution is -1.98. The van der Waals surface area contributed by atoms with Crippen LogP contribution in [0.25, 0.3) is 0 Å². The second-order valence-corrected chi connectivity index (χ2v) is 4.90. The SMILES string of the molecule is O=C(O)CCCCCCCCCCCn1cnnn1. The highest BCUT2D eigenvalue weighted by Crippen LogP contribution is 2.10. The molecule has 1 aromatic rings. The first-order valence-electron chi connectivity index (χ1n) is 7.21. The van der Waals surface area contributed by atoms with E-state index in [1.165, 1.54) is 32.1 Å². The lowest BCUT2D eigenvalue weighted by molar-refractivity contribution is -0.137. The first kappa shape index (κ1) is 15.6. The Kier molecular flexibility index (Phi) is 8.59. The van der Waals surface area contributed by atoms with Gasteiger partial charge in [-0.15, -0.1) is 5.10 Å². The first-order chi connectivity index (χ1) is 9.29. The third-order valence-electron chi connectivity index (χ3n) is 3.17. The number of aryl methyl sites for hydroxylation is 1. The number of hydrogen-bond donors (Lipinski definition) is 1. The van der Waals surface area contributed by atoms with Gasteiger partial charge in [0.25, 0.3) is 0 Å². The van der Waals surface area contributed by atoms with Gasteiger partial charge in [0.15, 0.2) is 0 Å². The Balaban J connectivity index is 1.75. The summed E-state index contributed by atoms with van der Waals surface area (Å²) in [7, 11) is 0. The summed E-state index contributed by atoms with van der Waals surface area (Å²) >= 11 is 0. The summed E-state index contributed by atoms with van der Waals surface area (Å²) in [5.74, 6) is -0.678. The molecule has 0 amide bonds. The summed E-state index contributed by atoms with van der Waals surface area (Å²) in [5, 5.41) is 19.5. The number of carbonyl (C=O) groups is 1. The molecule has 0 fully saturated rings. The number of nitrogens with zero attached hydrogens (tertiary/aromatic N) is 4. The minimum absolute atomic E-state index is 0.317. The number of carboxylic acid groups (broad SMARTS) is 1. The molecule has 0 bridgehead atoms. The summed E-state index contributed by atoms with van der Waals surface area (Å²) in [6.45, 7) is 0.905. The van der Waals surface area contributed by atoms with Crippen LogP contribution in [0, 0.1) is 0 Å². The van der Waals surface area contributed by atoms with Crippen LogP contribution in [0.1, 0.15) is 64.2 Å². The Labute approximate surface area is 114 Å². The standard InChI is InChI=1S/C13H24N4O2/c18-13(19)10-8-6-4-2-1-3-5-7-9-11-17-12-14-15-16-17/h12H,1-11H2,(H,18,19). The second kappa shape index (κ2) is 10.5. The number of unbranched alkanes of at least 4 members (excludes halogenated alkanes) is 8. The lowest BCUT2D eigenvalue weighted by Gasteiger charge is -2.02. The van der Waals surface area contributed by atoms with Crippen molar-refractivity contribution in [2.75, 3.05) is 0 Å². The fourth-order valence-corrected chi connectivity index (χ4v) is 2.07. The van der Waals surface area contributed by atoms with E-state index < -0.39 is 5.97 Å². The van der Waals surface area contributed by atoms with E-state index in [4.69, 9.17) is 5.11 Å². The number of carboxylic acids is 1. The van der Waals surface area contributed by atoms with Gasteiger partial charge in [0.2, 0.25) is 0 Å². The van der Waals surface area contributed by atoms with Crippen molar-refractivity contribution >= 4 is 5.97 Å². The van der Waals surface area contributed by atoms with Gasteiger partial charge in [0.1, 0.15) is 6.33 Å². The molecule has 0 saturated carbocycles. The Morgan fingerprint density at radius 3 is 2.05 bits per heavy atom. The first-order valence-corrected chi connectivity index (χ1v) is 7.21. The molecule has 0 unspecified atom stereocenters. The van der Waals surface area contributed by atoms with E-state index in [0.29, 0.717) is 6.42 Å². The summed E-state index contributed by atoms with van der Waals surface area (Å²) in [5.41, 5.74) is 0. The normalized spacial score (nSPS) is 10.7. The van der Waals surface area contributed by atoms with E-state index >= 15 is 0 Å². The fourth-order valence-electron chi connectivity index (χ4n) is 2.07. The Hall–Kier alpha value is -1.46. The number of tetrazole rings is 1. The zero-order valence-corrected chi connectivity index (χ0v) is 11.5. The molecule has 0 radical (unpaired) electrons. The highest BCUT2D eigenvalue weighted by molar-refractivity contribution is 5.66. The molecule has 6 nitrogen and oxygen atoms in total. The van der Waals surface area contributed by atoms with Crippen molar-refractivity contribution in [1.82, 2.24) is 20.2 Å². The van der Waals surface area contributed by atoms with Gasteiger partial charge in [-0.3, -0.25) is 4.79 Å². The third kappa shape index (κ3) is 9.16. The molecule has 1 heterocycles. The zero-order chi connectivity index (χ0) is 13.8. The fraction of sp³-hybridized carbons (Fsp3) is 0.846. The minimum Gasteiger partial charge on any atom is -0.481 e. The number of hydrogen-bond acceptors (Lipinski definition) is 4. The average Bonchev–Trinajstić information content (AvgIpc) is 2.88. The van der Waals surface area contributed by atoms with Gasteiger partial charge in [-0.05, 0) is 23.3 Å². The predicted molar refractivity (Wildman–Crippen MR) is 71.6 cm³/mol. The van der Waals surface area contributed by atoms with E-state index in [9.17, 15) is 4.79 Å². The van der Waals surface area contributed by atoms with Crippen LogP contribution in [0.3, 0.4) is 0 Å². The van der Waals surface area contributed by atoms with Crippen LogP contribution in [0.4, 0.5) is 0 Å². The zero-order valence-electron chi connectivity index (χ0n) is 11.5. The molecular weight excluding hydrogens is 244 g/mol. The van der Waals surface area contributed by atoms with E-state index in [0.717, 1.165) is 32.2 Å². The largest absolute Gasteiger partial charge is 0.481 e. The highest BCUT2D eigenvalue weighted by Gasteiger charge is 1.97. The van der Waals surface area contributed by atoms with Crippen molar-refractivity contribution < 1.29 is 9.90 Å².